The molecule has 0 fully saturated rings. The lowest BCUT2D eigenvalue weighted by Gasteiger charge is -2.01. The molecule has 1 N–H and O–H groups in total. The molecule has 0 atom stereocenters. The smallest absolute Gasteiger partial charge is 0.111 e. The zero-order valence-corrected chi connectivity index (χ0v) is 6.05. The van der Waals surface area contributed by atoms with E-state index in [1.165, 1.54) is 0 Å². The molecule has 0 aliphatic rings. The number of aliphatic hydroxyl groups is 1. The van der Waals surface area contributed by atoms with Crippen LogP contribution in [-0.4, -0.2) is 18.3 Å². The van der Waals surface area contributed by atoms with Gasteiger partial charge in [0.25, 0.3) is 0 Å². The van der Waals surface area contributed by atoms with Crippen molar-refractivity contribution < 1.29 is 9.84 Å². The van der Waals surface area contributed by atoms with Crippen molar-refractivity contribution in [2.45, 2.75) is 20.3 Å². The first-order valence-electron chi connectivity index (χ1n) is 3.21. The summed E-state index contributed by atoms with van der Waals surface area (Å²) in [6.45, 7) is 4.43. The number of hydrogen-bond donors (Lipinski definition) is 1. The van der Waals surface area contributed by atoms with Crippen LogP contribution in [0.2, 0.25) is 0 Å². The van der Waals surface area contributed by atoms with Crippen LogP contribution in [0.3, 0.4) is 0 Å². The van der Waals surface area contributed by atoms with Crippen LogP contribution in [0.15, 0.2) is 11.8 Å². The number of hydrogen-bond acceptors (Lipinski definition) is 2. The van der Waals surface area contributed by atoms with E-state index in [0.717, 1.165) is 12.2 Å². The van der Waals surface area contributed by atoms with Crippen LogP contribution >= 0.6 is 0 Å². The first-order valence-corrected chi connectivity index (χ1v) is 3.21. The lowest BCUT2D eigenvalue weighted by Crippen LogP contribution is -1.96. The van der Waals surface area contributed by atoms with Crippen LogP contribution in [0.25, 0.3) is 0 Å². The van der Waals surface area contributed by atoms with Crippen molar-refractivity contribution in [3.05, 3.63) is 11.8 Å². The minimum absolute atomic E-state index is 0.0922. The van der Waals surface area contributed by atoms with Crippen molar-refractivity contribution in [1.29, 1.82) is 0 Å². The molecule has 54 valence electrons. The number of allylic oxidation sites excluding steroid dienone is 2. The fraction of sp³-hybridized carbons (Fsp3) is 0.714. The van der Waals surface area contributed by atoms with Crippen molar-refractivity contribution in [2.75, 3.05) is 13.2 Å². The molecule has 0 saturated carbocycles. The molecule has 0 aromatic heterocycles. The molecule has 0 heterocycles. The Kier molecular flexibility index (Phi) is 5.32. The fourth-order valence-corrected chi connectivity index (χ4v) is 0.553. The molecular formula is C7H14O2. The van der Waals surface area contributed by atoms with E-state index in [1.807, 2.05) is 19.9 Å². The quantitative estimate of drug-likeness (QED) is 0.581. The van der Waals surface area contributed by atoms with Gasteiger partial charge >= 0.3 is 0 Å². The Bertz CT molecular complexity index is 86.9. The zero-order chi connectivity index (χ0) is 7.11. The Morgan fingerprint density at radius 1 is 1.67 bits per heavy atom. The van der Waals surface area contributed by atoms with Crippen LogP contribution in [0.5, 0.6) is 0 Å². The Morgan fingerprint density at radius 3 is 2.78 bits per heavy atom. The van der Waals surface area contributed by atoms with E-state index in [9.17, 15) is 0 Å². The molecule has 0 unspecified atom stereocenters. The summed E-state index contributed by atoms with van der Waals surface area (Å²) in [7, 11) is 0. The zero-order valence-electron chi connectivity index (χ0n) is 6.05. The highest BCUT2D eigenvalue weighted by atomic mass is 16.5. The first-order chi connectivity index (χ1) is 4.31. The largest absolute Gasteiger partial charge is 0.496 e. The second-order valence-electron chi connectivity index (χ2n) is 1.80. The highest BCUT2D eigenvalue weighted by molar-refractivity contribution is 4.86. The number of aliphatic hydroxyl groups excluding tert-OH is 1. The fourth-order valence-electron chi connectivity index (χ4n) is 0.553. The van der Waals surface area contributed by atoms with Gasteiger partial charge in [-0.15, -0.1) is 0 Å². The Morgan fingerprint density at radius 2 is 2.33 bits per heavy atom. The molecule has 0 bridgehead atoms. The van der Waals surface area contributed by atoms with Crippen LogP contribution < -0.4 is 0 Å². The van der Waals surface area contributed by atoms with Crippen molar-refractivity contribution in [3.63, 3.8) is 0 Å². The standard InChI is InChI=1S/C7H14O2/c1-3-4-7(2)9-6-5-8/h4,8H,3,5-6H2,1-2H3. The van der Waals surface area contributed by atoms with Crippen molar-refractivity contribution in [1.82, 2.24) is 0 Å². The second-order valence-corrected chi connectivity index (χ2v) is 1.80. The molecule has 0 radical (unpaired) electrons. The van der Waals surface area contributed by atoms with E-state index >= 15 is 0 Å². The van der Waals surface area contributed by atoms with E-state index in [1.54, 1.807) is 0 Å². The Hall–Kier alpha value is -0.500. The SMILES string of the molecule is CCC=C(C)OCCO. The first kappa shape index (κ1) is 8.50. The number of rotatable bonds is 4. The van der Waals surface area contributed by atoms with Gasteiger partial charge in [0, 0.05) is 0 Å². The van der Waals surface area contributed by atoms with Crippen LogP contribution in [0.4, 0.5) is 0 Å². The molecule has 0 aliphatic heterocycles. The van der Waals surface area contributed by atoms with Gasteiger partial charge < -0.3 is 9.84 Å². The molecule has 0 aliphatic carbocycles. The number of ether oxygens (including phenoxy) is 1. The molecule has 0 amide bonds. The summed E-state index contributed by atoms with van der Waals surface area (Å²) in [4.78, 5) is 0. The molecule has 9 heavy (non-hydrogen) atoms. The van der Waals surface area contributed by atoms with Gasteiger partial charge in [0.15, 0.2) is 0 Å². The Labute approximate surface area is 56.1 Å². The minimum atomic E-state index is 0.0922. The summed E-state index contributed by atoms with van der Waals surface area (Å²) in [5.74, 6) is 0.895. The predicted octanol–water partition coefficient (Wildman–Crippen LogP) is 1.31. The van der Waals surface area contributed by atoms with Crippen LogP contribution in [0, 0.1) is 0 Å². The summed E-state index contributed by atoms with van der Waals surface area (Å²) in [6.07, 6.45) is 2.97. The minimum Gasteiger partial charge on any atom is -0.496 e. The van der Waals surface area contributed by atoms with E-state index in [2.05, 4.69) is 0 Å². The molecule has 0 aromatic carbocycles. The van der Waals surface area contributed by atoms with Gasteiger partial charge in [0.1, 0.15) is 6.61 Å². The average molecular weight is 130 g/mol. The highest BCUT2D eigenvalue weighted by Gasteiger charge is 1.84. The lowest BCUT2D eigenvalue weighted by molar-refractivity contribution is 0.145. The van der Waals surface area contributed by atoms with Crippen LogP contribution in [-0.2, 0) is 4.74 Å². The maximum absolute atomic E-state index is 8.33. The van der Waals surface area contributed by atoms with Crippen LogP contribution in [0.1, 0.15) is 20.3 Å². The third kappa shape index (κ3) is 5.37. The molecule has 0 aromatic rings. The summed E-state index contributed by atoms with van der Waals surface area (Å²) >= 11 is 0. The normalized spacial score (nSPS) is 11.7. The van der Waals surface area contributed by atoms with Gasteiger partial charge in [0.05, 0.1) is 12.4 Å². The van der Waals surface area contributed by atoms with Gasteiger partial charge in [0.2, 0.25) is 0 Å². The topological polar surface area (TPSA) is 29.5 Å². The summed E-state index contributed by atoms with van der Waals surface area (Å²) < 4.78 is 5.04. The Balaban J connectivity index is 3.25. The maximum atomic E-state index is 8.33. The van der Waals surface area contributed by atoms with E-state index in [0.29, 0.717) is 6.61 Å². The second kappa shape index (κ2) is 5.63. The molecule has 2 heteroatoms. The predicted molar refractivity (Wildman–Crippen MR) is 37.1 cm³/mol. The molecule has 2 nitrogen and oxygen atoms in total. The molecule has 0 spiro atoms. The maximum Gasteiger partial charge on any atom is 0.111 e. The van der Waals surface area contributed by atoms with E-state index in [4.69, 9.17) is 9.84 Å². The average Bonchev–Trinajstić information content (AvgIpc) is 1.85. The van der Waals surface area contributed by atoms with E-state index < -0.39 is 0 Å². The van der Waals surface area contributed by atoms with Gasteiger partial charge in [-0.3, -0.25) is 0 Å². The monoisotopic (exact) mass is 130 g/mol. The van der Waals surface area contributed by atoms with Crippen molar-refractivity contribution in [2.24, 2.45) is 0 Å². The summed E-state index contributed by atoms with van der Waals surface area (Å²) in [5.41, 5.74) is 0. The van der Waals surface area contributed by atoms with Crippen molar-refractivity contribution in [3.8, 4) is 0 Å². The summed E-state index contributed by atoms with van der Waals surface area (Å²) in [5, 5.41) is 8.33. The third-order valence-electron chi connectivity index (χ3n) is 0.913. The molecule has 0 rings (SSSR count). The van der Waals surface area contributed by atoms with Gasteiger partial charge in [-0.2, -0.15) is 0 Å². The lowest BCUT2D eigenvalue weighted by atomic mass is 10.4. The summed E-state index contributed by atoms with van der Waals surface area (Å²) in [6, 6.07) is 0. The molecule has 0 saturated heterocycles. The molecular weight excluding hydrogens is 116 g/mol. The van der Waals surface area contributed by atoms with Gasteiger partial charge in [-0.25, -0.2) is 0 Å². The van der Waals surface area contributed by atoms with E-state index in [-0.39, 0.29) is 6.61 Å². The van der Waals surface area contributed by atoms with Gasteiger partial charge in [-0.1, -0.05) is 6.92 Å². The highest BCUT2D eigenvalue weighted by Crippen LogP contribution is 1.95. The van der Waals surface area contributed by atoms with Crippen molar-refractivity contribution >= 4 is 0 Å². The van der Waals surface area contributed by atoms with Gasteiger partial charge in [-0.05, 0) is 19.4 Å². The third-order valence-corrected chi connectivity index (χ3v) is 0.913.